The standard InChI is InChI=1S/C23H20ClN3O6S/c1-32-21-13-16(11-12-20(21)33-23(29)18-9-5-6-10-19(18)24)14-25-27-22(28)15-26-34(30,31)17-7-3-2-4-8-17/h2-14,26H,15H2,1H3,(H,27,28)/b25-14-. The molecule has 9 nitrogen and oxygen atoms in total. The van der Waals surface area contributed by atoms with Gasteiger partial charge in [0.05, 0.1) is 35.4 Å². The number of hydrogen-bond donors (Lipinski definition) is 2. The number of sulfonamides is 1. The number of nitrogens with zero attached hydrogens (tertiary/aromatic N) is 1. The maximum Gasteiger partial charge on any atom is 0.345 e. The zero-order valence-corrected chi connectivity index (χ0v) is 19.5. The third-order valence-electron chi connectivity index (χ3n) is 4.36. The minimum Gasteiger partial charge on any atom is -0.493 e. The van der Waals surface area contributed by atoms with Crippen LogP contribution in [0, 0.1) is 0 Å². The van der Waals surface area contributed by atoms with Crippen molar-refractivity contribution in [1.29, 1.82) is 0 Å². The Kier molecular flexibility index (Phi) is 8.36. The predicted octanol–water partition coefficient (Wildman–Crippen LogP) is 3.00. The van der Waals surface area contributed by atoms with Crippen LogP contribution in [0.4, 0.5) is 0 Å². The molecule has 3 rings (SSSR count). The lowest BCUT2D eigenvalue weighted by molar-refractivity contribution is -0.119. The molecule has 0 atom stereocenters. The number of hydrazone groups is 1. The van der Waals surface area contributed by atoms with E-state index in [0.29, 0.717) is 5.56 Å². The van der Waals surface area contributed by atoms with Crippen LogP contribution in [0.25, 0.3) is 0 Å². The zero-order chi connectivity index (χ0) is 24.6. The highest BCUT2D eigenvalue weighted by Crippen LogP contribution is 2.29. The van der Waals surface area contributed by atoms with Crippen LogP contribution >= 0.6 is 11.6 Å². The van der Waals surface area contributed by atoms with Gasteiger partial charge in [0.15, 0.2) is 11.5 Å². The fourth-order valence-corrected chi connectivity index (χ4v) is 3.91. The highest BCUT2D eigenvalue weighted by molar-refractivity contribution is 7.89. The van der Waals surface area contributed by atoms with E-state index in [1.807, 2.05) is 0 Å². The van der Waals surface area contributed by atoms with E-state index in [1.54, 1.807) is 54.6 Å². The molecule has 11 heteroatoms. The predicted molar refractivity (Wildman–Crippen MR) is 127 cm³/mol. The lowest BCUT2D eigenvalue weighted by Gasteiger charge is -2.10. The first-order valence-electron chi connectivity index (χ1n) is 9.81. The maximum atomic E-state index is 12.4. The summed E-state index contributed by atoms with van der Waals surface area (Å²) in [6.45, 7) is -0.491. The highest BCUT2D eigenvalue weighted by atomic mass is 35.5. The van der Waals surface area contributed by atoms with Gasteiger partial charge in [0.1, 0.15) is 0 Å². The van der Waals surface area contributed by atoms with Crippen molar-refractivity contribution in [2.75, 3.05) is 13.7 Å². The molecule has 34 heavy (non-hydrogen) atoms. The zero-order valence-electron chi connectivity index (χ0n) is 17.9. The summed E-state index contributed by atoms with van der Waals surface area (Å²) in [6.07, 6.45) is 1.33. The van der Waals surface area contributed by atoms with Gasteiger partial charge in [0.25, 0.3) is 5.91 Å². The summed E-state index contributed by atoms with van der Waals surface area (Å²) in [5, 5.41) is 4.06. The molecule has 0 unspecified atom stereocenters. The smallest absolute Gasteiger partial charge is 0.345 e. The average Bonchev–Trinajstić information content (AvgIpc) is 2.84. The first-order chi connectivity index (χ1) is 16.3. The summed E-state index contributed by atoms with van der Waals surface area (Å²) in [6, 6.07) is 18.8. The van der Waals surface area contributed by atoms with Gasteiger partial charge in [-0.2, -0.15) is 5.10 Å². The van der Waals surface area contributed by atoms with Crippen LogP contribution < -0.4 is 19.6 Å². The van der Waals surface area contributed by atoms with Gasteiger partial charge < -0.3 is 9.47 Å². The molecule has 0 aromatic heterocycles. The second-order valence-electron chi connectivity index (χ2n) is 6.71. The molecule has 0 aliphatic rings. The SMILES string of the molecule is COc1cc(/C=N\NC(=O)CNS(=O)(=O)c2ccccc2)ccc1OC(=O)c1ccccc1Cl. The Morgan fingerprint density at radius 2 is 1.71 bits per heavy atom. The normalized spacial score (nSPS) is 11.2. The van der Waals surface area contributed by atoms with Crippen molar-refractivity contribution < 1.29 is 27.5 Å². The van der Waals surface area contributed by atoms with Crippen LogP contribution in [0.2, 0.25) is 5.02 Å². The van der Waals surface area contributed by atoms with Crippen molar-refractivity contribution in [3.8, 4) is 11.5 Å². The molecule has 0 fully saturated rings. The summed E-state index contributed by atoms with van der Waals surface area (Å²) < 4.78 is 37.1. The lowest BCUT2D eigenvalue weighted by atomic mass is 10.2. The monoisotopic (exact) mass is 501 g/mol. The second-order valence-corrected chi connectivity index (χ2v) is 8.88. The highest BCUT2D eigenvalue weighted by Gasteiger charge is 2.16. The number of amides is 1. The van der Waals surface area contributed by atoms with E-state index in [1.165, 1.54) is 31.5 Å². The molecule has 3 aromatic rings. The molecule has 0 aliphatic carbocycles. The second kappa shape index (κ2) is 11.4. The summed E-state index contributed by atoms with van der Waals surface area (Å²) in [4.78, 5) is 24.3. The van der Waals surface area contributed by atoms with Gasteiger partial charge in [-0.15, -0.1) is 0 Å². The number of carbonyl (C=O) groups is 2. The Morgan fingerprint density at radius 1 is 1.00 bits per heavy atom. The van der Waals surface area contributed by atoms with Gasteiger partial charge in [0.2, 0.25) is 10.0 Å². The number of nitrogens with one attached hydrogen (secondary N) is 2. The first-order valence-corrected chi connectivity index (χ1v) is 11.7. The van der Waals surface area contributed by atoms with Gasteiger partial charge in [0, 0.05) is 0 Å². The van der Waals surface area contributed by atoms with Crippen LogP contribution in [0.15, 0.2) is 82.8 Å². The molecule has 1 amide bonds. The van der Waals surface area contributed by atoms with Gasteiger partial charge in [-0.1, -0.05) is 41.9 Å². The Labute approximate surface area is 201 Å². The Balaban J connectivity index is 1.58. The molecule has 2 N–H and O–H groups in total. The largest absolute Gasteiger partial charge is 0.493 e. The molecule has 0 bridgehead atoms. The number of benzene rings is 3. The summed E-state index contributed by atoms with van der Waals surface area (Å²) >= 11 is 6.02. The molecular weight excluding hydrogens is 482 g/mol. The number of methoxy groups -OCH3 is 1. The van der Waals surface area contributed by atoms with Crippen LogP contribution in [-0.4, -0.2) is 40.2 Å². The third-order valence-corrected chi connectivity index (χ3v) is 6.11. The van der Waals surface area contributed by atoms with Crippen LogP contribution in [0.3, 0.4) is 0 Å². The van der Waals surface area contributed by atoms with Gasteiger partial charge in [-0.3, -0.25) is 4.79 Å². The number of carbonyl (C=O) groups excluding carboxylic acids is 2. The minimum absolute atomic E-state index is 0.0497. The lowest BCUT2D eigenvalue weighted by Crippen LogP contribution is -2.34. The van der Waals surface area contributed by atoms with E-state index in [2.05, 4.69) is 15.2 Å². The van der Waals surface area contributed by atoms with Crippen molar-refractivity contribution in [2.45, 2.75) is 4.90 Å². The van der Waals surface area contributed by atoms with Crippen molar-refractivity contribution in [2.24, 2.45) is 5.10 Å². The Morgan fingerprint density at radius 3 is 2.41 bits per heavy atom. The third kappa shape index (κ3) is 6.64. The van der Waals surface area contributed by atoms with Crippen molar-refractivity contribution in [3.05, 3.63) is 88.9 Å². The van der Waals surface area contributed by atoms with Crippen LogP contribution in [-0.2, 0) is 14.8 Å². The summed E-state index contributed by atoms with van der Waals surface area (Å²) in [7, 11) is -2.40. The number of ether oxygens (including phenoxy) is 2. The Bertz CT molecular complexity index is 1310. The quantitative estimate of drug-likeness (QED) is 0.201. The van der Waals surface area contributed by atoms with E-state index >= 15 is 0 Å². The molecule has 176 valence electrons. The fourth-order valence-electron chi connectivity index (χ4n) is 2.69. The van der Waals surface area contributed by atoms with Crippen LogP contribution in [0.1, 0.15) is 15.9 Å². The molecular formula is C23H20ClN3O6S. The van der Waals surface area contributed by atoms with E-state index in [9.17, 15) is 18.0 Å². The summed E-state index contributed by atoms with van der Waals surface area (Å²) in [5.74, 6) is -0.876. The van der Waals surface area contributed by atoms with E-state index < -0.39 is 28.4 Å². The topological polar surface area (TPSA) is 123 Å². The van der Waals surface area contributed by atoms with Gasteiger partial charge >= 0.3 is 5.97 Å². The van der Waals surface area contributed by atoms with E-state index in [-0.39, 0.29) is 27.0 Å². The molecule has 0 spiro atoms. The molecule has 0 saturated carbocycles. The minimum atomic E-state index is -3.81. The molecule has 0 heterocycles. The molecule has 0 saturated heterocycles. The first kappa shape index (κ1) is 24.9. The van der Waals surface area contributed by atoms with Crippen molar-refractivity contribution in [1.82, 2.24) is 10.1 Å². The van der Waals surface area contributed by atoms with Crippen molar-refractivity contribution in [3.63, 3.8) is 0 Å². The van der Waals surface area contributed by atoms with Crippen LogP contribution in [0.5, 0.6) is 11.5 Å². The van der Waals surface area contributed by atoms with Crippen molar-refractivity contribution >= 4 is 39.7 Å². The van der Waals surface area contributed by atoms with E-state index in [0.717, 1.165) is 0 Å². The van der Waals surface area contributed by atoms with E-state index in [4.69, 9.17) is 21.1 Å². The average molecular weight is 502 g/mol. The fraction of sp³-hybridized carbons (Fsp3) is 0.0870. The number of esters is 1. The van der Waals surface area contributed by atoms with Gasteiger partial charge in [-0.25, -0.2) is 23.4 Å². The summed E-state index contributed by atoms with van der Waals surface area (Å²) in [5.41, 5.74) is 2.97. The molecule has 0 aliphatic heterocycles. The number of hydrogen-bond acceptors (Lipinski definition) is 7. The maximum absolute atomic E-state index is 12.4. The number of rotatable bonds is 9. The molecule has 0 radical (unpaired) electrons. The Hall–Kier alpha value is -3.73. The van der Waals surface area contributed by atoms with Gasteiger partial charge in [-0.05, 0) is 48.0 Å². The molecule has 3 aromatic carbocycles. The number of halogens is 1.